The number of allylic oxidation sites excluding steroid dienone is 4. The van der Waals surface area contributed by atoms with Gasteiger partial charge < -0.3 is 11.1 Å². The second-order valence-corrected chi connectivity index (χ2v) is 4.25. The van der Waals surface area contributed by atoms with Gasteiger partial charge in [0.15, 0.2) is 5.13 Å². The predicted octanol–water partition coefficient (Wildman–Crippen LogP) is 2.25. The Hall–Kier alpha value is -1.13. The molecular formula is C11H15N3S. The minimum Gasteiger partial charge on any atom is -0.360 e. The quantitative estimate of drug-likeness (QED) is 0.820. The summed E-state index contributed by atoms with van der Waals surface area (Å²) in [5.74, 6) is 0. The molecule has 0 bridgehead atoms. The molecule has 2 rings (SSSR count). The van der Waals surface area contributed by atoms with E-state index in [0.717, 1.165) is 30.2 Å². The summed E-state index contributed by atoms with van der Waals surface area (Å²) in [6.45, 7) is 1.42. The molecule has 1 heterocycles. The summed E-state index contributed by atoms with van der Waals surface area (Å²) in [6, 6.07) is 0. The van der Waals surface area contributed by atoms with Gasteiger partial charge in [-0.3, -0.25) is 0 Å². The lowest BCUT2D eigenvalue weighted by atomic mass is 10.1. The van der Waals surface area contributed by atoms with Gasteiger partial charge in [-0.2, -0.15) is 0 Å². The molecule has 15 heavy (non-hydrogen) atoms. The Labute approximate surface area is 93.7 Å². The molecule has 0 unspecified atom stereocenters. The number of hydrogen-bond donors (Lipinski definition) is 2. The van der Waals surface area contributed by atoms with Crippen molar-refractivity contribution in [3.05, 3.63) is 29.3 Å². The molecule has 1 aromatic heterocycles. The first-order chi connectivity index (χ1) is 7.40. The summed E-state index contributed by atoms with van der Waals surface area (Å²) in [5, 5.41) is 6.22. The van der Waals surface area contributed by atoms with E-state index in [-0.39, 0.29) is 0 Å². The standard InChI is InChI=1S/C11H15N3S/c12-6-7-13-11-14-10(8-15-11)9-4-2-1-3-5-9/h2,4-5,8H,1,3,6-7,12H2,(H,13,14). The molecular weight excluding hydrogens is 206 g/mol. The maximum absolute atomic E-state index is 5.42. The number of hydrogen-bond acceptors (Lipinski definition) is 4. The van der Waals surface area contributed by atoms with E-state index < -0.39 is 0 Å². The molecule has 0 atom stereocenters. The van der Waals surface area contributed by atoms with E-state index in [1.165, 1.54) is 5.57 Å². The zero-order chi connectivity index (χ0) is 10.5. The van der Waals surface area contributed by atoms with Crippen LogP contribution in [0, 0.1) is 0 Å². The van der Waals surface area contributed by atoms with Crippen LogP contribution in [-0.4, -0.2) is 18.1 Å². The fraction of sp³-hybridized carbons (Fsp3) is 0.364. The number of aromatic nitrogens is 1. The lowest BCUT2D eigenvalue weighted by molar-refractivity contribution is 1.02. The van der Waals surface area contributed by atoms with Crippen molar-refractivity contribution in [2.75, 3.05) is 18.4 Å². The first-order valence-corrected chi connectivity index (χ1v) is 6.04. The van der Waals surface area contributed by atoms with Gasteiger partial charge in [-0.05, 0) is 18.4 Å². The van der Waals surface area contributed by atoms with Crippen molar-refractivity contribution in [3.63, 3.8) is 0 Å². The average Bonchev–Trinajstić information content (AvgIpc) is 2.76. The van der Waals surface area contributed by atoms with Gasteiger partial charge in [0.2, 0.25) is 0 Å². The zero-order valence-corrected chi connectivity index (χ0v) is 9.39. The Morgan fingerprint density at radius 2 is 2.40 bits per heavy atom. The van der Waals surface area contributed by atoms with E-state index >= 15 is 0 Å². The molecule has 4 heteroatoms. The molecule has 0 saturated carbocycles. The number of nitrogens with zero attached hydrogens (tertiary/aromatic N) is 1. The van der Waals surface area contributed by atoms with E-state index in [9.17, 15) is 0 Å². The minimum absolute atomic E-state index is 0.636. The highest BCUT2D eigenvalue weighted by atomic mass is 32.1. The van der Waals surface area contributed by atoms with Gasteiger partial charge in [-0.1, -0.05) is 18.2 Å². The highest BCUT2D eigenvalue weighted by Crippen LogP contribution is 2.25. The van der Waals surface area contributed by atoms with Crippen LogP contribution < -0.4 is 11.1 Å². The van der Waals surface area contributed by atoms with Gasteiger partial charge >= 0.3 is 0 Å². The lowest BCUT2D eigenvalue weighted by Gasteiger charge is -2.03. The Kier molecular flexibility index (Phi) is 3.53. The fourth-order valence-electron chi connectivity index (χ4n) is 1.47. The van der Waals surface area contributed by atoms with Crippen molar-refractivity contribution in [1.82, 2.24) is 4.98 Å². The van der Waals surface area contributed by atoms with Crippen molar-refractivity contribution in [2.45, 2.75) is 12.8 Å². The third kappa shape index (κ3) is 2.67. The molecule has 0 radical (unpaired) electrons. The van der Waals surface area contributed by atoms with E-state index in [1.807, 2.05) is 0 Å². The van der Waals surface area contributed by atoms with Crippen LogP contribution in [0.25, 0.3) is 5.57 Å². The van der Waals surface area contributed by atoms with E-state index in [0.29, 0.717) is 6.54 Å². The molecule has 0 saturated heterocycles. The highest BCUT2D eigenvalue weighted by Gasteiger charge is 2.05. The SMILES string of the molecule is NCCNc1nc(C2=CCCC=C2)cs1. The summed E-state index contributed by atoms with van der Waals surface area (Å²) in [5.41, 5.74) is 7.72. The van der Waals surface area contributed by atoms with Crippen molar-refractivity contribution < 1.29 is 0 Å². The predicted molar refractivity (Wildman–Crippen MR) is 66.0 cm³/mol. The molecule has 0 amide bonds. The third-order valence-corrected chi connectivity index (χ3v) is 3.02. The van der Waals surface area contributed by atoms with Gasteiger partial charge in [-0.25, -0.2) is 4.98 Å². The average molecular weight is 221 g/mol. The van der Waals surface area contributed by atoms with Gasteiger partial charge in [0.25, 0.3) is 0 Å². The summed E-state index contributed by atoms with van der Waals surface area (Å²) < 4.78 is 0. The van der Waals surface area contributed by atoms with Crippen molar-refractivity contribution in [1.29, 1.82) is 0 Å². The molecule has 3 N–H and O–H groups in total. The molecule has 0 spiro atoms. The van der Waals surface area contributed by atoms with Crippen molar-refractivity contribution >= 4 is 22.0 Å². The number of nitrogens with two attached hydrogens (primary N) is 1. The molecule has 1 aromatic rings. The lowest BCUT2D eigenvalue weighted by Crippen LogP contribution is -2.12. The fourth-order valence-corrected chi connectivity index (χ4v) is 2.22. The Morgan fingerprint density at radius 3 is 3.13 bits per heavy atom. The highest BCUT2D eigenvalue weighted by molar-refractivity contribution is 7.13. The molecule has 0 aliphatic heterocycles. The van der Waals surface area contributed by atoms with Crippen LogP contribution in [0.5, 0.6) is 0 Å². The molecule has 3 nitrogen and oxygen atoms in total. The van der Waals surface area contributed by atoms with Gasteiger partial charge in [0.1, 0.15) is 0 Å². The second-order valence-electron chi connectivity index (χ2n) is 3.39. The first-order valence-electron chi connectivity index (χ1n) is 5.16. The number of anilines is 1. The molecule has 0 aromatic carbocycles. The normalized spacial score (nSPS) is 15.1. The maximum Gasteiger partial charge on any atom is 0.183 e. The first kappa shape index (κ1) is 10.4. The molecule has 0 fully saturated rings. The van der Waals surface area contributed by atoms with Crippen LogP contribution in [0.2, 0.25) is 0 Å². The Bertz CT molecular complexity index is 379. The molecule has 1 aliphatic rings. The van der Waals surface area contributed by atoms with Crippen LogP contribution in [0.3, 0.4) is 0 Å². The van der Waals surface area contributed by atoms with Crippen LogP contribution in [-0.2, 0) is 0 Å². The minimum atomic E-state index is 0.636. The van der Waals surface area contributed by atoms with Crippen molar-refractivity contribution in [2.24, 2.45) is 5.73 Å². The van der Waals surface area contributed by atoms with E-state index in [1.54, 1.807) is 11.3 Å². The van der Waals surface area contributed by atoms with E-state index in [2.05, 4.69) is 33.9 Å². The number of rotatable bonds is 4. The summed E-state index contributed by atoms with van der Waals surface area (Å²) in [4.78, 5) is 4.50. The second kappa shape index (κ2) is 5.09. The molecule has 80 valence electrons. The van der Waals surface area contributed by atoms with E-state index in [4.69, 9.17) is 5.73 Å². The van der Waals surface area contributed by atoms with Crippen LogP contribution in [0.4, 0.5) is 5.13 Å². The summed E-state index contributed by atoms with van der Waals surface area (Å²) in [6.07, 6.45) is 8.84. The zero-order valence-electron chi connectivity index (χ0n) is 8.57. The maximum atomic E-state index is 5.42. The largest absolute Gasteiger partial charge is 0.360 e. The molecule has 1 aliphatic carbocycles. The third-order valence-electron chi connectivity index (χ3n) is 2.22. The van der Waals surface area contributed by atoms with Crippen LogP contribution in [0.15, 0.2) is 23.6 Å². The Morgan fingerprint density at radius 1 is 1.47 bits per heavy atom. The van der Waals surface area contributed by atoms with Gasteiger partial charge in [-0.15, -0.1) is 11.3 Å². The topological polar surface area (TPSA) is 50.9 Å². The van der Waals surface area contributed by atoms with Gasteiger partial charge in [0, 0.05) is 18.5 Å². The summed E-state index contributed by atoms with van der Waals surface area (Å²) in [7, 11) is 0. The van der Waals surface area contributed by atoms with Crippen LogP contribution in [0.1, 0.15) is 18.5 Å². The number of nitrogens with one attached hydrogen (secondary N) is 1. The summed E-state index contributed by atoms with van der Waals surface area (Å²) >= 11 is 1.63. The monoisotopic (exact) mass is 221 g/mol. The van der Waals surface area contributed by atoms with Crippen LogP contribution >= 0.6 is 11.3 Å². The van der Waals surface area contributed by atoms with Crippen molar-refractivity contribution in [3.8, 4) is 0 Å². The Balaban J connectivity index is 2.06. The van der Waals surface area contributed by atoms with Gasteiger partial charge in [0.05, 0.1) is 5.69 Å². The number of thiazole rings is 1. The smallest absolute Gasteiger partial charge is 0.183 e.